The Morgan fingerprint density at radius 1 is 1.45 bits per heavy atom. The van der Waals surface area contributed by atoms with Crippen LogP contribution in [0.2, 0.25) is 0 Å². The van der Waals surface area contributed by atoms with Crippen molar-refractivity contribution < 1.29 is 9.90 Å². The number of rotatable bonds is 6. The number of hydrogen-bond donors (Lipinski definition) is 2. The van der Waals surface area contributed by atoms with Gasteiger partial charge in [0.05, 0.1) is 12.6 Å². The normalized spacial score (nSPS) is 21.5. The van der Waals surface area contributed by atoms with Gasteiger partial charge in [-0.3, -0.25) is 19.6 Å². The smallest absolute Gasteiger partial charge is 0.238 e. The topological polar surface area (TPSA) is 68.7 Å². The van der Waals surface area contributed by atoms with E-state index in [1.807, 2.05) is 6.92 Å². The molecule has 0 bridgehead atoms. The van der Waals surface area contributed by atoms with E-state index in [9.17, 15) is 9.90 Å². The lowest BCUT2D eigenvalue weighted by Gasteiger charge is -2.41. The SMILES string of the molecule is CC[C@@H]1CN(CC(=O)Nc2ccncc2)CCN1C[C@@H](C)O. The average Bonchev–Trinajstić information content (AvgIpc) is 2.49. The molecule has 1 aromatic rings. The Kier molecular flexibility index (Phi) is 6.30. The molecule has 1 fully saturated rings. The van der Waals surface area contributed by atoms with E-state index < -0.39 is 0 Å². The molecular formula is C16H26N4O2. The maximum atomic E-state index is 12.1. The number of aliphatic hydroxyl groups is 1. The molecule has 2 rings (SSSR count). The van der Waals surface area contributed by atoms with Crippen LogP contribution in [0.5, 0.6) is 0 Å². The van der Waals surface area contributed by atoms with E-state index in [2.05, 4.69) is 27.0 Å². The second-order valence-electron chi connectivity index (χ2n) is 5.93. The number of β-amino-alcohol motifs (C(OH)–C–C–N with tert-alkyl or cyclic N) is 1. The van der Waals surface area contributed by atoms with Gasteiger partial charge in [0.25, 0.3) is 0 Å². The van der Waals surface area contributed by atoms with E-state index in [1.54, 1.807) is 24.5 Å². The van der Waals surface area contributed by atoms with Gasteiger partial charge < -0.3 is 10.4 Å². The number of nitrogens with zero attached hydrogens (tertiary/aromatic N) is 3. The molecule has 1 aromatic heterocycles. The summed E-state index contributed by atoms with van der Waals surface area (Å²) < 4.78 is 0. The fourth-order valence-electron chi connectivity index (χ4n) is 2.91. The summed E-state index contributed by atoms with van der Waals surface area (Å²) in [5.74, 6) is 0.00466. The first-order valence-corrected chi connectivity index (χ1v) is 7.92. The monoisotopic (exact) mass is 306 g/mol. The molecule has 0 aromatic carbocycles. The van der Waals surface area contributed by atoms with Crippen LogP contribution in [-0.2, 0) is 4.79 Å². The van der Waals surface area contributed by atoms with Gasteiger partial charge >= 0.3 is 0 Å². The minimum atomic E-state index is -0.310. The van der Waals surface area contributed by atoms with Crippen molar-refractivity contribution in [3.05, 3.63) is 24.5 Å². The van der Waals surface area contributed by atoms with Crippen molar-refractivity contribution in [2.24, 2.45) is 0 Å². The molecule has 1 amide bonds. The molecule has 0 radical (unpaired) electrons. The molecule has 0 aliphatic carbocycles. The number of pyridine rings is 1. The summed E-state index contributed by atoms with van der Waals surface area (Å²) in [5, 5.41) is 12.5. The van der Waals surface area contributed by atoms with E-state index in [0.29, 0.717) is 19.1 Å². The maximum Gasteiger partial charge on any atom is 0.238 e. The quantitative estimate of drug-likeness (QED) is 0.813. The Hall–Kier alpha value is -1.50. The van der Waals surface area contributed by atoms with Gasteiger partial charge in [0.1, 0.15) is 0 Å². The molecule has 2 N–H and O–H groups in total. The van der Waals surface area contributed by atoms with Crippen molar-refractivity contribution >= 4 is 11.6 Å². The zero-order valence-corrected chi connectivity index (χ0v) is 13.4. The Morgan fingerprint density at radius 2 is 2.18 bits per heavy atom. The number of anilines is 1. The third-order valence-corrected chi connectivity index (χ3v) is 3.99. The lowest BCUT2D eigenvalue weighted by Crippen LogP contribution is -2.55. The highest BCUT2D eigenvalue weighted by Crippen LogP contribution is 2.13. The van der Waals surface area contributed by atoms with E-state index in [1.165, 1.54) is 0 Å². The van der Waals surface area contributed by atoms with Gasteiger partial charge in [-0.05, 0) is 25.5 Å². The largest absolute Gasteiger partial charge is 0.392 e. The number of carbonyl (C=O) groups is 1. The second kappa shape index (κ2) is 8.22. The molecule has 1 saturated heterocycles. The molecule has 2 atom stereocenters. The van der Waals surface area contributed by atoms with Gasteiger partial charge in [0.15, 0.2) is 0 Å². The first kappa shape index (κ1) is 16.9. The lowest BCUT2D eigenvalue weighted by molar-refractivity contribution is -0.118. The maximum absolute atomic E-state index is 12.1. The summed E-state index contributed by atoms with van der Waals surface area (Å²) in [4.78, 5) is 20.5. The molecule has 22 heavy (non-hydrogen) atoms. The van der Waals surface area contributed by atoms with Crippen LogP contribution in [0.1, 0.15) is 20.3 Å². The molecule has 6 nitrogen and oxygen atoms in total. The molecule has 1 aliphatic heterocycles. The number of nitrogens with one attached hydrogen (secondary N) is 1. The Labute approximate surface area is 132 Å². The molecule has 122 valence electrons. The highest BCUT2D eigenvalue weighted by molar-refractivity contribution is 5.92. The van der Waals surface area contributed by atoms with Gasteiger partial charge in [-0.1, -0.05) is 6.92 Å². The number of piperazine rings is 1. The average molecular weight is 306 g/mol. The van der Waals surface area contributed by atoms with Crippen LogP contribution in [0.25, 0.3) is 0 Å². The number of aromatic nitrogens is 1. The predicted octanol–water partition coefficient (Wildman–Crippen LogP) is 0.797. The summed E-state index contributed by atoms with van der Waals surface area (Å²) >= 11 is 0. The van der Waals surface area contributed by atoms with E-state index in [0.717, 1.165) is 31.7 Å². The van der Waals surface area contributed by atoms with Crippen LogP contribution in [0.15, 0.2) is 24.5 Å². The van der Waals surface area contributed by atoms with Crippen LogP contribution < -0.4 is 5.32 Å². The van der Waals surface area contributed by atoms with E-state index >= 15 is 0 Å². The highest BCUT2D eigenvalue weighted by Gasteiger charge is 2.27. The molecule has 0 spiro atoms. The fourth-order valence-corrected chi connectivity index (χ4v) is 2.91. The van der Waals surface area contributed by atoms with Crippen molar-refractivity contribution in [1.82, 2.24) is 14.8 Å². The van der Waals surface area contributed by atoms with Crippen LogP contribution in [0.3, 0.4) is 0 Å². The molecule has 6 heteroatoms. The number of amides is 1. The third-order valence-electron chi connectivity index (χ3n) is 3.99. The molecular weight excluding hydrogens is 280 g/mol. The first-order valence-electron chi connectivity index (χ1n) is 7.92. The summed E-state index contributed by atoms with van der Waals surface area (Å²) in [7, 11) is 0. The zero-order chi connectivity index (χ0) is 15.9. The van der Waals surface area contributed by atoms with Gasteiger partial charge in [0, 0.05) is 50.3 Å². The van der Waals surface area contributed by atoms with Crippen molar-refractivity contribution in [2.45, 2.75) is 32.4 Å². The summed E-state index contributed by atoms with van der Waals surface area (Å²) in [6.07, 6.45) is 4.04. The summed E-state index contributed by atoms with van der Waals surface area (Å²) in [6, 6.07) is 3.97. The molecule has 1 aliphatic rings. The van der Waals surface area contributed by atoms with E-state index in [-0.39, 0.29) is 12.0 Å². The number of hydrogen-bond acceptors (Lipinski definition) is 5. The van der Waals surface area contributed by atoms with Crippen LogP contribution >= 0.6 is 0 Å². The Morgan fingerprint density at radius 3 is 2.82 bits per heavy atom. The Balaban J connectivity index is 1.83. The molecule has 0 unspecified atom stereocenters. The standard InChI is InChI=1S/C16H26N4O2/c1-3-15-11-19(8-9-20(15)10-13(2)21)12-16(22)18-14-4-6-17-7-5-14/h4-7,13,15,21H,3,8-12H2,1-2H3,(H,17,18,22)/t13-,15-/m1/s1. The van der Waals surface area contributed by atoms with Gasteiger partial charge in [-0.2, -0.15) is 0 Å². The summed E-state index contributed by atoms with van der Waals surface area (Å²) in [5.41, 5.74) is 0.778. The second-order valence-corrected chi connectivity index (χ2v) is 5.93. The minimum Gasteiger partial charge on any atom is -0.392 e. The minimum absolute atomic E-state index is 0.00466. The van der Waals surface area contributed by atoms with Crippen molar-refractivity contribution in [3.63, 3.8) is 0 Å². The predicted molar refractivity (Wildman–Crippen MR) is 86.6 cm³/mol. The van der Waals surface area contributed by atoms with Gasteiger partial charge in [-0.25, -0.2) is 0 Å². The first-order chi connectivity index (χ1) is 10.6. The fraction of sp³-hybridized carbons (Fsp3) is 0.625. The van der Waals surface area contributed by atoms with Crippen LogP contribution in [0.4, 0.5) is 5.69 Å². The third kappa shape index (κ3) is 5.05. The van der Waals surface area contributed by atoms with Gasteiger partial charge in [-0.15, -0.1) is 0 Å². The van der Waals surface area contributed by atoms with E-state index in [4.69, 9.17) is 0 Å². The van der Waals surface area contributed by atoms with Crippen molar-refractivity contribution in [3.8, 4) is 0 Å². The molecule has 0 saturated carbocycles. The number of aliphatic hydroxyl groups excluding tert-OH is 1. The molecule has 2 heterocycles. The lowest BCUT2D eigenvalue weighted by atomic mass is 10.1. The number of carbonyl (C=O) groups excluding carboxylic acids is 1. The van der Waals surface area contributed by atoms with Crippen LogP contribution in [0, 0.1) is 0 Å². The van der Waals surface area contributed by atoms with Crippen LogP contribution in [-0.4, -0.2) is 70.7 Å². The highest BCUT2D eigenvalue weighted by atomic mass is 16.3. The zero-order valence-electron chi connectivity index (χ0n) is 13.4. The van der Waals surface area contributed by atoms with Crippen molar-refractivity contribution in [2.75, 3.05) is 38.0 Å². The van der Waals surface area contributed by atoms with Crippen molar-refractivity contribution in [1.29, 1.82) is 0 Å². The summed E-state index contributed by atoms with van der Waals surface area (Å²) in [6.45, 7) is 7.70. The van der Waals surface area contributed by atoms with Gasteiger partial charge in [0.2, 0.25) is 5.91 Å². The Bertz CT molecular complexity index is 466.